The van der Waals surface area contributed by atoms with Gasteiger partial charge in [-0.15, -0.1) is 11.3 Å². The van der Waals surface area contributed by atoms with Crippen molar-refractivity contribution in [2.24, 2.45) is 0 Å². The minimum Gasteiger partial charge on any atom is -0.456 e. The topological polar surface area (TPSA) is 35.9 Å². The number of thiophene rings is 1. The van der Waals surface area contributed by atoms with Crippen LogP contribution < -0.4 is 0 Å². The maximum Gasteiger partial charge on any atom is 0.155 e. The van der Waals surface area contributed by atoms with Gasteiger partial charge in [-0.2, -0.15) is 0 Å². The van der Waals surface area contributed by atoms with Gasteiger partial charge >= 0.3 is 0 Å². The van der Waals surface area contributed by atoms with Gasteiger partial charge in [-0.3, -0.25) is 4.57 Å². The molecule has 54 heavy (non-hydrogen) atoms. The lowest BCUT2D eigenvalue weighted by Crippen LogP contribution is -1.97. The van der Waals surface area contributed by atoms with Gasteiger partial charge in [-0.1, -0.05) is 60.2 Å². The predicted molar refractivity (Wildman–Crippen MR) is 236 cm³/mol. The number of fused-ring (bicyclic) bond motifs is 12. The third-order valence-electron chi connectivity index (χ3n) is 11.1. The second-order valence-electron chi connectivity index (χ2n) is 14.2. The van der Waals surface area contributed by atoms with E-state index in [2.05, 4.69) is 184 Å². The first-order valence-corrected chi connectivity index (χ1v) is 19.9. The van der Waals surface area contributed by atoms with Crippen molar-refractivity contribution in [3.8, 4) is 22.6 Å². The SMILES string of the molecule is Cc1ccc2oc3ccc(-n4c5ccccc5c5cc(-c6ccc7sc8c(-n9c%10ccccc%10c%10cc(I)ccc%109)nccc8c7c6)ccc54)cc3c2c1. The quantitative estimate of drug-likeness (QED) is 0.166. The summed E-state index contributed by atoms with van der Waals surface area (Å²) in [4.78, 5) is 5.03. The fourth-order valence-corrected chi connectivity index (χ4v) is 10.3. The Morgan fingerprint density at radius 1 is 0.519 bits per heavy atom. The number of hydrogen-bond acceptors (Lipinski definition) is 3. The van der Waals surface area contributed by atoms with Crippen LogP contribution in [0.3, 0.4) is 0 Å². The van der Waals surface area contributed by atoms with Crippen molar-refractivity contribution in [1.29, 1.82) is 0 Å². The van der Waals surface area contributed by atoms with Gasteiger partial charge in [0, 0.05) is 63.2 Å². The first-order chi connectivity index (χ1) is 26.6. The van der Waals surface area contributed by atoms with E-state index in [0.717, 1.165) is 33.4 Å². The zero-order valence-electron chi connectivity index (χ0n) is 29.0. The average molecular weight is 822 g/mol. The van der Waals surface area contributed by atoms with E-state index in [4.69, 9.17) is 9.40 Å². The Bertz CT molecular complexity index is 3550. The number of nitrogens with zero attached hydrogens (tertiary/aromatic N) is 3. The van der Waals surface area contributed by atoms with Crippen LogP contribution in [0.25, 0.3) is 108 Å². The molecule has 0 spiro atoms. The number of hydrogen-bond donors (Lipinski definition) is 0. The van der Waals surface area contributed by atoms with Crippen LogP contribution in [0.15, 0.2) is 156 Å². The van der Waals surface area contributed by atoms with Crippen LogP contribution in [0, 0.1) is 10.5 Å². The fourth-order valence-electron chi connectivity index (χ4n) is 8.65. The van der Waals surface area contributed by atoms with E-state index in [9.17, 15) is 0 Å². The number of para-hydroxylation sites is 2. The third kappa shape index (κ3) is 4.32. The zero-order valence-corrected chi connectivity index (χ0v) is 31.9. The van der Waals surface area contributed by atoms with E-state index in [0.29, 0.717) is 0 Å². The molecule has 12 aromatic rings. The molecule has 0 saturated heterocycles. The van der Waals surface area contributed by atoms with Crippen molar-refractivity contribution >= 4 is 120 Å². The first-order valence-electron chi connectivity index (χ1n) is 18.0. The lowest BCUT2D eigenvalue weighted by atomic mass is 10.0. The van der Waals surface area contributed by atoms with Gasteiger partial charge < -0.3 is 8.98 Å². The molecule has 0 amide bonds. The molecular formula is C48H28IN3OS. The first kappa shape index (κ1) is 30.5. The van der Waals surface area contributed by atoms with E-state index < -0.39 is 0 Å². The summed E-state index contributed by atoms with van der Waals surface area (Å²) in [6, 6.07) is 53.1. The Morgan fingerprint density at radius 2 is 1.17 bits per heavy atom. The van der Waals surface area contributed by atoms with Crippen molar-refractivity contribution in [2.45, 2.75) is 6.92 Å². The molecule has 0 aliphatic rings. The van der Waals surface area contributed by atoms with Crippen LogP contribution >= 0.6 is 33.9 Å². The second kappa shape index (κ2) is 11.3. The van der Waals surface area contributed by atoms with Crippen molar-refractivity contribution in [3.63, 3.8) is 0 Å². The lowest BCUT2D eigenvalue weighted by molar-refractivity contribution is 0.669. The molecule has 0 bridgehead atoms. The van der Waals surface area contributed by atoms with Gasteiger partial charge in [-0.05, 0) is 132 Å². The van der Waals surface area contributed by atoms with Gasteiger partial charge in [0.2, 0.25) is 0 Å². The molecule has 0 unspecified atom stereocenters. The summed E-state index contributed by atoms with van der Waals surface area (Å²) >= 11 is 4.23. The summed E-state index contributed by atoms with van der Waals surface area (Å²) in [6.45, 7) is 2.13. The van der Waals surface area contributed by atoms with Crippen molar-refractivity contribution in [2.75, 3.05) is 0 Å². The summed E-state index contributed by atoms with van der Waals surface area (Å²) in [7, 11) is 0. The van der Waals surface area contributed by atoms with Crippen molar-refractivity contribution in [1.82, 2.24) is 14.1 Å². The number of halogens is 1. The van der Waals surface area contributed by atoms with Gasteiger partial charge in [0.05, 0.1) is 26.8 Å². The van der Waals surface area contributed by atoms with Crippen LogP contribution in [-0.4, -0.2) is 14.1 Å². The van der Waals surface area contributed by atoms with Gasteiger partial charge in [0.25, 0.3) is 0 Å². The monoisotopic (exact) mass is 821 g/mol. The lowest BCUT2D eigenvalue weighted by Gasteiger charge is -2.09. The minimum absolute atomic E-state index is 0.909. The van der Waals surface area contributed by atoms with Gasteiger partial charge in [0.1, 0.15) is 11.2 Å². The summed E-state index contributed by atoms with van der Waals surface area (Å²) in [5.74, 6) is 0.980. The van der Waals surface area contributed by atoms with Crippen LogP contribution in [0.1, 0.15) is 5.56 Å². The highest BCUT2D eigenvalue weighted by Crippen LogP contribution is 2.43. The van der Waals surface area contributed by atoms with E-state index >= 15 is 0 Å². The molecule has 4 nitrogen and oxygen atoms in total. The average Bonchev–Trinajstić information content (AvgIpc) is 3.95. The second-order valence-corrected chi connectivity index (χ2v) is 16.5. The highest BCUT2D eigenvalue weighted by atomic mass is 127. The number of pyridine rings is 1. The Kier molecular flexibility index (Phi) is 6.37. The van der Waals surface area contributed by atoms with E-state index in [1.807, 2.05) is 17.5 Å². The number of rotatable bonds is 3. The smallest absolute Gasteiger partial charge is 0.155 e. The van der Waals surface area contributed by atoms with Crippen LogP contribution in [0.4, 0.5) is 0 Å². The summed E-state index contributed by atoms with van der Waals surface area (Å²) < 4.78 is 14.6. The molecule has 254 valence electrons. The molecule has 12 rings (SSSR count). The summed E-state index contributed by atoms with van der Waals surface area (Å²) in [6.07, 6.45) is 1.97. The summed E-state index contributed by atoms with van der Waals surface area (Å²) in [5.41, 5.74) is 11.3. The van der Waals surface area contributed by atoms with Gasteiger partial charge in [0.15, 0.2) is 5.82 Å². The van der Waals surface area contributed by atoms with Crippen LogP contribution in [0.5, 0.6) is 0 Å². The normalized spacial score (nSPS) is 12.3. The standard InChI is InChI=1S/C48H28IN3OS/c1-27-10-17-44-37(22-27)38-26-31(14-18-45(38)53-44)51-40-8-4-2-6-32(40)35-23-28(11-15-42(35)51)29-12-19-46-39(24-29)34-20-21-50-48(47(34)54-46)52-41-9-5-3-7-33(41)36-25-30(49)13-16-43(36)52/h2-26H,1H3. The number of benzene rings is 7. The highest BCUT2D eigenvalue weighted by Gasteiger charge is 2.19. The zero-order chi connectivity index (χ0) is 35.7. The Morgan fingerprint density at radius 3 is 2.00 bits per heavy atom. The maximum atomic E-state index is 6.22. The maximum absolute atomic E-state index is 6.22. The molecular weight excluding hydrogens is 794 g/mol. The predicted octanol–water partition coefficient (Wildman–Crippen LogP) is 14.1. The number of furan rings is 1. The largest absolute Gasteiger partial charge is 0.456 e. The van der Waals surface area contributed by atoms with Crippen molar-refractivity contribution in [3.05, 3.63) is 161 Å². The third-order valence-corrected chi connectivity index (χ3v) is 12.9. The number of aryl methyl sites for hydroxylation is 1. The van der Waals surface area contributed by atoms with E-state index in [-0.39, 0.29) is 0 Å². The Balaban J connectivity index is 1.02. The van der Waals surface area contributed by atoms with Crippen LogP contribution in [0.2, 0.25) is 0 Å². The molecule has 0 aliphatic heterocycles. The highest BCUT2D eigenvalue weighted by molar-refractivity contribution is 14.1. The molecule has 0 saturated carbocycles. The molecule has 7 aromatic carbocycles. The van der Waals surface area contributed by atoms with Crippen molar-refractivity contribution < 1.29 is 4.42 Å². The summed E-state index contributed by atoms with van der Waals surface area (Å²) in [5, 5.41) is 9.74. The Hall–Kier alpha value is -5.96. The number of aromatic nitrogens is 3. The molecule has 5 heterocycles. The van der Waals surface area contributed by atoms with E-state index in [1.54, 1.807) is 0 Å². The fraction of sp³-hybridized carbons (Fsp3) is 0.0208. The Labute approximate surface area is 326 Å². The molecule has 6 heteroatoms. The molecule has 0 fully saturated rings. The molecule has 0 N–H and O–H groups in total. The van der Waals surface area contributed by atoms with E-state index in [1.165, 1.54) is 84.0 Å². The van der Waals surface area contributed by atoms with Crippen LogP contribution in [-0.2, 0) is 0 Å². The molecule has 0 aliphatic carbocycles. The van der Waals surface area contributed by atoms with Gasteiger partial charge in [-0.25, -0.2) is 4.98 Å². The molecule has 0 atom stereocenters. The minimum atomic E-state index is 0.909. The molecule has 0 radical (unpaired) electrons. The molecule has 5 aromatic heterocycles.